The van der Waals surface area contributed by atoms with Gasteiger partial charge in [0.25, 0.3) is 0 Å². The van der Waals surface area contributed by atoms with Crippen LogP contribution in [-0.4, -0.2) is 5.97 Å². The van der Waals surface area contributed by atoms with E-state index in [4.69, 9.17) is 4.74 Å². The van der Waals surface area contributed by atoms with Gasteiger partial charge in [0.2, 0.25) is 0 Å². The molecule has 2 aromatic carbocycles. The largest absolute Gasteiger partial charge is 0.451 e. The maximum absolute atomic E-state index is 12.9. The Balaban J connectivity index is 1.82. The van der Waals surface area contributed by atoms with E-state index in [9.17, 15) is 4.79 Å². The van der Waals surface area contributed by atoms with Crippen molar-refractivity contribution in [2.45, 2.75) is 63.9 Å². The average Bonchev–Trinajstić information content (AvgIpc) is 3.12. The molecule has 2 nitrogen and oxygen atoms in total. The number of hydrogen-bond donors (Lipinski definition) is 0. The van der Waals surface area contributed by atoms with Crippen LogP contribution in [-0.2, 0) is 15.8 Å². The first-order chi connectivity index (χ1) is 12.4. The minimum Gasteiger partial charge on any atom is -0.451 e. The van der Waals surface area contributed by atoms with Gasteiger partial charge in [-0.2, -0.15) is 0 Å². The molecule has 2 aromatic rings. The second-order valence-corrected chi connectivity index (χ2v) is 9.16. The van der Waals surface area contributed by atoms with E-state index >= 15 is 0 Å². The zero-order valence-corrected chi connectivity index (χ0v) is 18.0. The SMILES string of the molecule is CCC(C)(C)c1ccc(C(=O)OC2(c3ccc(I)cc3)CCCC2)cc1. The molecule has 0 spiro atoms. The zero-order chi connectivity index (χ0) is 18.8. The summed E-state index contributed by atoms with van der Waals surface area (Å²) in [6, 6.07) is 16.3. The summed E-state index contributed by atoms with van der Waals surface area (Å²) in [7, 11) is 0. The molecule has 1 aliphatic carbocycles. The molecule has 0 heterocycles. The van der Waals surface area contributed by atoms with E-state index in [-0.39, 0.29) is 11.4 Å². The fourth-order valence-corrected chi connectivity index (χ4v) is 4.01. The predicted molar refractivity (Wildman–Crippen MR) is 114 cm³/mol. The first-order valence-electron chi connectivity index (χ1n) is 9.46. The molecular formula is C23H27IO2. The number of hydrogen-bond acceptors (Lipinski definition) is 2. The number of rotatable bonds is 5. The minimum atomic E-state index is -0.469. The Morgan fingerprint density at radius 3 is 2.15 bits per heavy atom. The van der Waals surface area contributed by atoms with Crippen LogP contribution in [0, 0.1) is 3.57 Å². The van der Waals surface area contributed by atoms with E-state index in [0.717, 1.165) is 37.7 Å². The molecule has 26 heavy (non-hydrogen) atoms. The van der Waals surface area contributed by atoms with Crippen molar-refractivity contribution in [2.75, 3.05) is 0 Å². The molecule has 0 N–H and O–H groups in total. The van der Waals surface area contributed by atoms with Crippen molar-refractivity contribution >= 4 is 28.6 Å². The number of carbonyl (C=O) groups excluding carboxylic acids is 1. The van der Waals surface area contributed by atoms with Crippen LogP contribution in [0.25, 0.3) is 0 Å². The highest BCUT2D eigenvalue weighted by molar-refractivity contribution is 14.1. The quantitative estimate of drug-likeness (QED) is 0.370. The van der Waals surface area contributed by atoms with Crippen LogP contribution in [0.1, 0.15) is 74.4 Å². The lowest BCUT2D eigenvalue weighted by Crippen LogP contribution is -2.29. The van der Waals surface area contributed by atoms with Crippen molar-refractivity contribution in [1.82, 2.24) is 0 Å². The number of ether oxygens (including phenoxy) is 1. The first kappa shape index (κ1) is 19.4. The van der Waals surface area contributed by atoms with Gasteiger partial charge in [0.15, 0.2) is 0 Å². The Morgan fingerprint density at radius 2 is 1.62 bits per heavy atom. The third-order valence-corrected chi connectivity index (χ3v) is 6.57. The van der Waals surface area contributed by atoms with Gasteiger partial charge < -0.3 is 4.74 Å². The van der Waals surface area contributed by atoms with Crippen LogP contribution in [0.4, 0.5) is 0 Å². The molecular weight excluding hydrogens is 435 g/mol. The molecule has 0 saturated heterocycles. The van der Waals surface area contributed by atoms with Crippen molar-refractivity contribution in [3.8, 4) is 0 Å². The number of halogens is 1. The molecule has 0 radical (unpaired) electrons. The Bertz CT molecular complexity index is 754. The van der Waals surface area contributed by atoms with Gasteiger partial charge >= 0.3 is 5.97 Å². The normalized spacial score (nSPS) is 16.5. The summed E-state index contributed by atoms with van der Waals surface area (Å²) in [6.07, 6.45) is 5.07. The third-order valence-electron chi connectivity index (χ3n) is 5.86. The monoisotopic (exact) mass is 462 g/mol. The van der Waals surface area contributed by atoms with E-state index in [0.29, 0.717) is 5.56 Å². The molecule has 1 aliphatic rings. The van der Waals surface area contributed by atoms with Gasteiger partial charge in [-0.1, -0.05) is 45.0 Å². The van der Waals surface area contributed by atoms with Gasteiger partial charge in [0.05, 0.1) is 5.56 Å². The first-order valence-corrected chi connectivity index (χ1v) is 10.5. The van der Waals surface area contributed by atoms with Crippen LogP contribution >= 0.6 is 22.6 Å². The van der Waals surface area contributed by atoms with Crippen LogP contribution in [0.15, 0.2) is 48.5 Å². The van der Waals surface area contributed by atoms with Gasteiger partial charge in [-0.05, 0) is 95.5 Å². The lowest BCUT2D eigenvalue weighted by Gasteiger charge is -2.30. The van der Waals surface area contributed by atoms with E-state index in [1.807, 2.05) is 12.1 Å². The topological polar surface area (TPSA) is 26.3 Å². The van der Waals surface area contributed by atoms with E-state index in [1.54, 1.807) is 0 Å². The molecule has 138 valence electrons. The predicted octanol–water partition coefficient (Wildman–Crippen LogP) is 6.61. The Morgan fingerprint density at radius 1 is 1.04 bits per heavy atom. The molecule has 3 rings (SSSR count). The van der Waals surface area contributed by atoms with Crippen LogP contribution in [0.5, 0.6) is 0 Å². The van der Waals surface area contributed by atoms with Gasteiger partial charge in [-0.15, -0.1) is 0 Å². The summed E-state index contributed by atoms with van der Waals surface area (Å²) in [4.78, 5) is 12.9. The lowest BCUT2D eigenvalue weighted by atomic mass is 9.82. The van der Waals surface area contributed by atoms with E-state index in [2.05, 4.69) is 79.8 Å². The summed E-state index contributed by atoms with van der Waals surface area (Å²) < 4.78 is 7.32. The summed E-state index contributed by atoms with van der Waals surface area (Å²) in [5.74, 6) is -0.216. The fraction of sp³-hybridized carbons (Fsp3) is 0.435. The highest BCUT2D eigenvalue weighted by Gasteiger charge is 2.39. The summed E-state index contributed by atoms with van der Waals surface area (Å²) in [5.41, 5.74) is 2.66. The van der Waals surface area contributed by atoms with Crippen LogP contribution in [0.2, 0.25) is 0 Å². The van der Waals surface area contributed by atoms with Gasteiger partial charge in [-0.3, -0.25) is 0 Å². The number of esters is 1. The zero-order valence-electron chi connectivity index (χ0n) is 15.8. The summed E-state index contributed by atoms with van der Waals surface area (Å²) in [5, 5.41) is 0. The summed E-state index contributed by atoms with van der Waals surface area (Å²) in [6.45, 7) is 6.64. The highest BCUT2D eigenvalue weighted by atomic mass is 127. The van der Waals surface area contributed by atoms with Crippen molar-refractivity contribution in [3.63, 3.8) is 0 Å². The molecule has 1 fully saturated rings. The van der Waals surface area contributed by atoms with Crippen LogP contribution in [0.3, 0.4) is 0 Å². The van der Waals surface area contributed by atoms with E-state index in [1.165, 1.54) is 9.13 Å². The van der Waals surface area contributed by atoms with Gasteiger partial charge in [0.1, 0.15) is 5.60 Å². The maximum Gasteiger partial charge on any atom is 0.339 e. The molecule has 0 aromatic heterocycles. The number of benzene rings is 2. The molecule has 0 unspecified atom stereocenters. The molecule has 3 heteroatoms. The summed E-state index contributed by atoms with van der Waals surface area (Å²) >= 11 is 2.30. The molecule has 0 atom stereocenters. The molecule has 0 aliphatic heterocycles. The van der Waals surface area contributed by atoms with Crippen LogP contribution < -0.4 is 0 Å². The van der Waals surface area contributed by atoms with Crippen molar-refractivity contribution in [2.24, 2.45) is 0 Å². The van der Waals surface area contributed by atoms with Crippen molar-refractivity contribution < 1.29 is 9.53 Å². The molecule has 0 bridgehead atoms. The molecule has 0 amide bonds. The second-order valence-electron chi connectivity index (χ2n) is 7.91. The fourth-order valence-electron chi connectivity index (χ4n) is 3.65. The number of carbonyl (C=O) groups is 1. The Labute approximate surface area is 170 Å². The van der Waals surface area contributed by atoms with Crippen molar-refractivity contribution in [1.29, 1.82) is 0 Å². The third kappa shape index (κ3) is 3.98. The van der Waals surface area contributed by atoms with Gasteiger partial charge in [-0.25, -0.2) is 4.79 Å². The highest BCUT2D eigenvalue weighted by Crippen LogP contribution is 2.43. The average molecular weight is 462 g/mol. The standard InChI is InChI=1S/C23H27IO2/c1-4-22(2,3)18-9-7-17(8-10-18)21(25)26-23(15-5-6-16-23)19-11-13-20(24)14-12-19/h7-14H,4-6,15-16H2,1-3H3. The smallest absolute Gasteiger partial charge is 0.339 e. The van der Waals surface area contributed by atoms with E-state index < -0.39 is 5.60 Å². The maximum atomic E-state index is 12.9. The lowest BCUT2D eigenvalue weighted by molar-refractivity contribution is -0.0183. The minimum absolute atomic E-state index is 0.121. The Hall–Kier alpha value is -1.36. The second kappa shape index (κ2) is 7.71. The van der Waals surface area contributed by atoms with Crippen molar-refractivity contribution in [3.05, 3.63) is 68.8 Å². The van der Waals surface area contributed by atoms with Gasteiger partial charge in [0, 0.05) is 3.57 Å². The molecule has 1 saturated carbocycles. The Kier molecular flexibility index (Phi) is 5.75.